The van der Waals surface area contributed by atoms with Crippen molar-refractivity contribution >= 4 is 0 Å². The van der Waals surface area contributed by atoms with Crippen LogP contribution in [0.15, 0.2) is 0 Å². The molecule has 3 heteroatoms. The first-order valence-corrected chi connectivity index (χ1v) is 10.9. The summed E-state index contributed by atoms with van der Waals surface area (Å²) in [7, 11) is 3.34. The Morgan fingerprint density at radius 3 is 1.62 bits per heavy atom. The molecule has 0 radical (unpaired) electrons. The van der Waals surface area contributed by atoms with Crippen molar-refractivity contribution in [3.63, 3.8) is 0 Å². The van der Waals surface area contributed by atoms with E-state index in [0.717, 1.165) is 35.3 Å². The molecular weight excluding hydrogens is 360 g/mol. The van der Waals surface area contributed by atoms with Crippen LogP contribution in [0.2, 0.25) is 0 Å². The third-order valence-corrected chi connectivity index (χ3v) is 6.14. The van der Waals surface area contributed by atoms with Crippen molar-refractivity contribution in [2.45, 2.75) is 94.9 Å². The molecule has 1 unspecified atom stereocenters. The topological polar surface area (TPSA) is 38.7 Å². The molecular formula is C26H46O3. The average Bonchev–Trinajstić information content (AvgIpc) is 2.49. The van der Waals surface area contributed by atoms with Crippen molar-refractivity contribution < 1.29 is 14.6 Å². The van der Waals surface area contributed by atoms with Gasteiger partial charge in [-0.3, -0.25) is 0 Å². The summed E-state index contributed by atoms with van der Waals surface area (Å²) in [6, 6.07) is 0. The van der Waals surface area contributed by atoms with Gasteiger partial charge in [0.25, 0.3) is 0 Å². The minimum Gasteiger partial charge on any atom is -0.504 e. The zero-order valence-corrected chi connectivity index (χ0v) is 21.3. The molecule has 0 aliphatic carbocycles. The molecule has 0 aliphatic heterocycles. The minimum absolute atomic E-state index is 0.0413. The largest absolute Gasteiger partial charge is 0.504 e. The number of benzene rings is 1. The van der Waals surface area contributed by atoms with Crippen LogP contribution in [0.3, 0.4) is 0 Å². The van der Waals surface area contributed by atoms with E-state index in [1.54, 1.807) is 14.2 Å². The van der Waals surface area contributed by atoms with Crippen molar-refractivity contribution in [1.29, 1.82) is 0 Å². The Labute approximate surface area is 180 Å². The van der Waals surface area contributed by atoms with Gasteiger partial charge in [0.2, 0.25) is 0 Å². The van der Waals surface area contributed by atoms with Gasteiger partial charge >= 0.3 is 0 Å². The minimum atomic E-state index is -0.0614. The zero-order valence-electron chi connectivity index (χ0n) is 21.3. The van der Waals surface area contributed by atoms with Gasteiger partial charge in [0, 0.05) is 17.0 Å². The predicted octanol–water partition coefficient (Wildman–Crippen LogP) is 7.64. The van der Waals surface area contributed by atoms with Gasteiger partial charge < -0.3 is 14.6 Å². The predicted molar refractivity (Wildman–Crippen MR) is 125 cm³/mol. The molecule has 29 heavy (non-hydrogen) atoms. The number of aromatic hydroxyl groups is 1. The molecule has 3 nitrogen and oxygen atoms in total. The Kier molecular flexibility index (Phi) is 7.76. The standard InChI is InChI=1S/C26H46O3/c1-16(2)14-25(8,9)23(26(10,11)15-24(5,6)7)19-20(27)22(29-13)18(4)17(3)21(19)28-12/h16,23,27H,14-15H2,1-13H3. The van der Waals surface area contributed by atoms with Crippen LogP contribution in [0.25, 0.3) is 0 Å². The van der Waals surface area contributed by atoms with Crippen LogP contribution in [-0.2, 0) is 0 Å². The van der Waals surface area contributed by atoms with E-state index in [1.807, 2.05) is 6.92 Å². The SMILES string of the molecule is COc1c(C)c(C)c(OC)c(C(C(C)(C)CC(C)C)C(C)(C)CC(C)(C)C)c1O. The lowest BCUT2D eigenvalue weighted by Gasteiger charge is -2.49. The number of hydrogen-bond acceptors (Lipinski definition) is 3. The van der Waals surface area contributed by atoms with Crippen LogP contribution in [0.1, 0.15) is 97.8 Å². The zero-order chi connectivity index (χ0) is 22.9. The van der Waals surface area contributed by atoms with E-state index >= 15 is 0 Å². The van der Waals surface area contributed by atoms with Gasteiger partial charge in [-0.25, -0.2) is 0 Å². The first-order chi connectivity index (χ1) is 13.0. The van der Waals surface area contributed by atoms with E-state index in [2.05, 4.69) is 69.2 Å². The second kappa shape index (κ2) is 8.78. The highest BCUT2D eigenvalue weighted by molar-refractivity contribution is 5.63. The Morgan fingerprint density at radius 2 is 1.24 bits per heavy atom. The molecule has 1 N–H and O–H groups in total. The molecule has 0 amide bonds. The lowest BCUT2D eigenvalue weighted by atomic mass is 9.56. The summed E-state index contributed by atoms with van der Waals surface area (Å²) in [5.41, 5.74) is 2.93. The fourth-order valence-electron chi connectivity index (χ4n) is 6.21. The molecule has 0 spiro atoms. The van der Waals surface area contributed by atoms with E-state index in [4.69, 9.17) is 9.47 Å². The molecule has 0 heterocycles. The van der Waals surface area contributed by atoms with Crippen molar-refractivity contribution in [1.82, 2.24) is 0 Å². The summed E-state index contributed by atoms with van der Waals surface area (Å²) in [5.74, 6) is 2.25. The normalized spacial score (nSPS) is 14.3. The van der Waals surface area contributed by atoms with Crippen molar-refractivity contribution in [2.24, 2.45) is 22.2 Å². The summed E-state index contributed by atoms with van der Waals surface area (Å²) in [6.45, 7) is 24.8. The quantitative estimate of drug-likeness (QED) is 0.482. The van der Waals surface area contributed by atoms with Crippen LogP contribution < -0.4 is 9.47 Å². The van der Waals surface area contributed by atoms with Gasteiger partial charge in [0.05, 0.1) is 14.2 Å². The molecule has 0 aromatic heterocycles. The fraction of sp³-hybridized carbons (Fsp3) is 0.769. The van der Waals surface area contributed by atoms with E-state index in [1.165, 1.54) is 0 Å². The summed E-state index contributed by atoms with van der Waals surface area (Å²) in [4.78, 5) is 0. The maximum Gasteiger partial charge on any atom is 0.165 e. The first-order valence-electron chi connectivity index (χ1n) is 10.9. The van der Waals surface area contributed by atoms with Gasteiger partial charge in [-0.2, -0.15) is 0 Å². The number of rotatable bonds is 8. The van der Waals surface area contributed by atoms with E-state index in [-0.39, 0.29) is 27.9 Å². The van der Waals surface area contributed by atoms with E-state index in [9.17, 15) is 5.11 Å². The smallest absolute Gasteiger partial charge is 0.165 e. The molecule has 168 valence electrons. The van der Waals surface area contributed by atoms with Crippen molar-refractivity contribution in [3.05, 3.63) is 16.7 Å². The molecule has 1 atom stereocenters. The van der Waals surface area contributed by atoms with E-state index in [0.29, 0.717) is 11.7 Å². The van der Waals surface area contributed by atoms with Gasteiger partial charge in [-0.05, 0) is 54.4 Å². The third-order valence-electron chi connectivity index (χ3n) is 6.14. The highest BCUT2D eigenvalue weighted by Gasteiger charge is 2.47. The molecule has 1 aromatic carbocycles. The van der Waals surface area contributed by atoms with Gasteiger partial charge in [0.15, 0.2) is 11.5 Å². The molecule has 0 saturated carbocycles. The number of phenols is 1. The summed E-state index contributed by atoms with van der Waals surface area (Å²) < 4.78 is 11.6. The van der Waals surface area contributed by atoms with Crippen LogP contribution in [0.4, 0.5) is 0 Å². The van der Waals surface area contributed by atoms with Gasteiger partial charge in [-0.1, -0.05) is 62.3 Å². The van der Waals surface area contributed by atoms with Crippen LogP contribution >= 0.6 is 0 Å². The summed E-state index contributed by atoms with van der Waals surface area (Å²) in [5, 5.41) is 11.4. The number of methoxy groups -OCH3 is 2. The van der Waals surface area contributed by atoms with Crippen molar-refractivity contribution in [3.8, 4) is 17.2 Å². The van der Waals surface area contributed by atoms with Crippen LogP contribution in [0, 0.1) is 36.0 Å². The lowest BCUT2D eigenvalue weighted by Crippen LogP contribution is -2.38. The highest BCUT2D eigenvalue weighted by Crippen LogP contribution is 2.60. The number of ether oxygens (including phenoxy) is 2. The van der Waals surface area contributed by atoms with Gasteiger partial charge in [-0.15, -0.1) is 0 Å². The Morgan fingerprint density at radius 1 is 0.793 bits per heavy atom. The van der Waals surface area contributed by atoms with Gasteiger partial charge in [0.1, 0.15) is 5.75 Å². The molecule has 0 saturated heterocycles. The number of phenolic OH excluding ortho intramolecular Hbond substituents is 1. The van der Waals surface area contributed by atoms with Crippen molar-refractivity contribution in [2.75, 3.05) is 14.2 Å². The maximum atomic E-state index is 11.4. The molecule has 0 aliphatic rings. The fourth-order valence-corrected chi connectivity index (χ4v) is 6.21. The average molecular weight is 407 g/mol. The Bertz CT molecular complexity index is 706. The second-order valence-corrected chi connectivity index (χ2v) is 11.8. The second-order valence-electron chi connectivity index (χ2n) is 11.8. The molecule has 1 aromatic rings. The molecule has 0 fully saturated rings. The van der Waals surface area contributed by atoms with E-state index < -0.39 is 0 Å². The number of hydrogen-bond donors (Lipinski definition) is 1. The Balaban J connectivity index is 3.96. The first kappa shape index (κ1) is 25.7. The third kappa shape index (κ3) is 5.61. The van der Waals surface area contributed by atoms with Crippen LogP contribution in [-0.4, -0.2) is 19.3 Å². The summed E-state index contributed by atoms with van der Waals surface area (Å²) in [6.07, 6.45) is 2.09. The van der Waals surface area contributed by atoms with Crippen LogP contribution in [0.5, 0.6) is 17.2 Å². The molecule has 0 bridgehead atoms. The maximum absolute atomic E-state index is 11.4. The summed E-state index contributed by atoms with van der Waals surface area (Å²) >= 11 is 0. The highest BCUT2D eigenvalue weighted by atomic mass is 16.5. The Hall–Kier alpha value is -1.38. The lowest BCUT2D eigenvalue weighted by molar-refractivity contribution is 0.0752. The monoisotopic (exact) mass is 406 g/mol. The molecule has 1 rings (SSSR count).